The molecule has 1 aromatic carbocycles. The molecule has 0 aliphatic carbocycles. The van der Waals surface area contributed by atoms with Gasteiger partial charge >= 0.3 is 0 Å². The predicted molar refractivity (Wildman–Crippen MR) is 121 cm³/mol. The van der Waals surface area contributed by atoms with Crippen molar-refractivity contribution >= 4 is 41.3 Å². The van der Waals surface area contributed by atoms with Gasteiger partial charge in [-0.3, -0.25) is 4.99 Å². The van der Waals surface area contributed by atoms with Crippen LogP contribution in [0.5, 0.6) is 0 Å². The first kappa shape index (κ1) is 21.2. The van der Waals surface area contributed by atoms with Crippen LogP contribution >= 0.6 is 35.3 Å². The zero-order valence-electron chi connectivity index (χ0n) is 15.4. The summed E-state index contributed by atoms with van der Waals surface area (Å²) in [5.74, 6) is 1.30. The lowest BCUT2D eigenvalue weighted by Crippen LogP contribution is -2.41. The topological polar surface area (TPSA) is 45.7 Å². The molecular formula is C20H28IN3OS. The van der Waals surface area contributed by atoms with Crippen molar-refractivity contribution in [2.45, 2.75) is 32.4 Å². The Morgan fingerprint density at radius 2 is 2.04 bits per heavy atom. The largest absolute Gasteiger partial charge is 0.373 e. The van der Waals surface area contributed by atoms with Crippen LogP contribution in [0, 0.1) is 12.8 Å². The highest BCUT2D eigenvalue weighted by molar-refractivity contribution is 14.0. The number of nitrogens with zero attached hydrogens (tertiary/aromatic N) is 1. The molecule has 2 unspecified atom stereocenters. The van der Waals surface area contributed by atoms with Crippen LogP contribution in [0.25, 0.3) is 0 Å². The molecule has 0 spiro atoms. The summed E-state index contributed by atoms with van der Waals surface area (Å²) in [6.07, 6.45) is 2.46. The SMILES string of the molecule is CN=C(NCc1ccsc1)NCC1CCCOC1c1ccc(C)cc1.I. The van der Waals surface area contributed by atoms with E-state index in [2.05, 4.69) is 63.6 Å². The minimum Gasteiger partial charge on any atom is -0.373 e. The summed E-state index contributed by atoms with van der Waals surface area (Å²) >= 11 is 1.72. The molecule has 1 aliphatic heterocycles. The maximum Gasteiger partial charge on any atom is 0.191 e. The highest BCUT2D eigenvalue weighted by atomic mass is 127. The monoisotopic (exact) mass is 485 g/mol. The maximum atomic E-state index is 6.10. The molecule has 0 radical (unpaired) electrons. The van der Waals surface area contributed by atoms with Crippen molar-refractivity contribution in [2.75, 3.05) is 20.2 Å². The van der Waals surface area contributed by atoms with Crippen LogP contribution in [0.4, 0.5) is 0 Å². The zero-order valence-corrected chi connectivity index (χ0v) is 18.6. The van der Waals surface area contributed by atoms with Gasteiger partial charge < -0.3 is 15.4 Å². The van der Waals surface area contributed by atoms with Crippen molar-refractivity contribution in [1.82, 2.24) is 10.6 Å². The summed E-state index contributed by atoms with van der Waals surface area (Å²) in [6, 6.07) is 10.9. The maximum absolute atomic E-state index is 6.10. The molecule has 0 saturated carbocycles. The molecule has 2 aromatic rings. The summed E-state index contributed by atoms with van der Waals surface area (Å²) in [5.41, 5.74) is 3.84. The second kappa shape index (κ2) is 10.9. The number of hydrogen-bond donors (Lipinski definition) is 2. The van der Waals surface area contributed by atoms with Crippen molar-refractivity contribution in [3.8, 4) is 0 Å². The van der Waals surface area contributed by atoms with E-state index in [1.807, 2.05) is 7.05 Å². The number of nitrogens with one attached hydrogen (secondary N) is 2. The van der Waals surface area contributed by atoms with Crippen LogP contribution in [0.3, 0.4) is 0 Å². The van der Waals surface area contributed by atoms with Crippen molar-refractivity contribution in [3.05, 3.63) is 57.8 Å². The Morgan fingerprint density at radius 1 is 1.23 bits per heavy atom. The van der Waals surface area contributed by atoms with Crippen LogP contribution in [0.1, 0.15) is 35.6 Å². The molecule has 142 valence electrons. The van der Waals surface area contributed by atoms with Crippen LogP contribution < -0.4 is 10.6 Å². The second-order valence-electron chi connectivity index (χ2n) is 6.54. The number of aliphatic imine (C=N–C) groups is 1. The molecule has 26 heavy (non-hydrogen) atoms. The normalized spacial score (nSPS) is 20.3. The molecular weight excluding hydrogens is 457 g/mol. The first-order valence-electron chi connectivity index (χ1n) is 8.90. The van der Waals surface area contributed by atoms with Gasteiger partial charge in [-0.1, -0.05) is 29.8 Å². The number of guanidine groups is 1. The Bertz CT molecular complexity index is 673. The number of thiophene rings is 1. The number of hydrogen-bond acceptors (Lipinski definition) is 3. The van der Waals surface area contributed by atoms with Gasteiger partial charge in [0.2, 0.25) is 0 Å². The average molecular weight is 485 g/mol. The van der Waals surface area contributed by atoms with E-state index in [0.717, 1.165) is 32.1 Å². The molecule has 1 saturated heterocycles. The first-order valence-corrected chi connectivity index (χ1v) is 9.84. The molecule has 0 bridgehead atoms. The Labute approximate surface area is 177 Å². The van der Waals surface area contributed by atoms with Gasteiger partial charge in [-0.2, -0.15) is 11.3 Å². The lowest BCUT2D eigenvalue weighted by molar-refractivity contribution is -0.0265. The molecule has 4 nitrogen and oxygen atoms in total. The molecule has 1 fully saturated rings. The van der Waals surface area contributed by atoms with Gasteiger partial charge in [0, 0.05) is 32.7 Å². The number of ether oxygens (including phenoxy) is 1. The van der Waals surface area contributed by atoms with E-state index in [1.165, 1.54) is 23.1 Å². The Kier molecular flexibility index (Phi) is 8.87. The van der Waals surface area contributed by atoms with Crippen LogP contribution in [0.2, 0.25) is 0 Å². The number of aryl methyl sites for hydroxylation is 1. The summed E-state index contributed by atoms with van der Waals surface area (Å²) < 4.78 is 6.10. The van der Waals surface area contributed by atoms with E-state index in [-0.39, 0.29) is 30.1 Å². The number of benzene rings is 1. The van der Waals surface area contributed by atoms with Crippen molar-refractivity contribution < 1.29 is 4.74 Å². The number of halogens is 1. The molecule has 2 atom stereocenters. The van der Waals surface area contributed by atoms with E-state index in [0.29, 0.717) is 5.92 Å². The fraction of sp³-hybridized carbons (Fsp3) is 0.450. The molecule has 3 rings (SSSR count). The Hall–Kier alpha value is -1.12. The first-order chi connectivity index (χ1) is 12.3. The van der Waals surface area contributed by atoms with E-state index < -0.39 is 0 Å². The standard InChI is InChI=1S/C20H27N3OS.HI/c1-15-5-7-17(8-6-15)19-18(4-3-10-24-19)13-23-20(21-2)22-12-16-9-11-25-14-16;/h5-9,11,14,18-19H,3-4,10,12-13H2,1-2H3,(H2,21,22,23);1H. The van der Waals surface area contributed by atoms with Gasteiger partial charge in [-0.05, 0) is 47.7 Å². The third-order valence-electron chi connectivity index (χ3n) is 4.65. The molecule has 1 aromatic heterocycles. The Balaban J connectivity index is 0.00000243. The summed E-state index contributed by atoms with van der Waals surface area (Å²) in [4.78, 5) is 4.34. The second-order valence-corrected chi connectivity index (χ2v) is 7.32. The van der Waals surface area contributed by atoms with Crippen LogP contribution in [0.15, 0.2) is 46.1 Å². The Morgan fingerprint density at radius 3 is 2.73 bits per heavy atom. The average Bonchev–Trinajstić information content (AvgIpc) is 3.16. The van der Waals surface area contributed by atoms with Crippen molar-refractivity contribution in [2.24, 2.45) is 10.9 Å². The van der Waals surface area contributed by atoms with E-state index in [4.69, 9.17) is 4.74 Å². The van der Waals surface area contributed by atoms with Gasteiger partial charge in [0.25, 0.3) is 0 Å². The highest BCUT2D eigenvalue weighted by Gasteiger charge is 2.27. The minimum atomic E-state index is 0. The molecule has 1 aliphatic rings. The molecule has 6 heteroatoms. The van der Waals surface area contributed by atoms with Gasteiger partial charge in [0.15, 0.2) is 5.96 Å². The van der Waals surface area contributed by atoms with E-state index in [1.54, 1.807) is 11.3 Å². The molecule has 0 amide bonds. The molecule has 2 N–H and O–H groups in total. The highest BCUT2D eigenvalue weighted by Crippen LogP contribution is 2.33. The predicted octanol–water partition coefficient (Wildman–Crippen LogP) is 4.51. The molecule has 2 heterocycles. The minimum absolute atomic E-state index is 0. The lowest BCUT2D eigenvalue weighted by Gasteiger charge is -2.32. The fourth-order valence-corrected chi connectivity index (χ4v) is 3.87. The van der Waals surface area contributed by atoms with Gasteiger partial charge in [0.05, 0.1) is 6.10 Å². The third kappa shape index (κ3) is 5.96. The van der Waals surface area contributed by atoms with Crippen molar-refractivity contribution in [1.29, 1.82) is 0 Å². The lowest BCUT2D eigenvalue weighted by atomic mass is 9.89. The van der Waals surface area contributed by atoms with Crippen LogP contribution in [-0.2, 0) is 11.3 Å². The summed E-state index contributed by atoms with van der Waals surface area (Å²) in [5, 5.41) is 11.1. The summed E-state index contributed by atoms with van der Waals surface area (Å²) in [7, 11) is 1.82. The van der Waals surface area contributed by atoms with E-state index in [9.17, 15) is 0 Å². The van der Waals surface area contributed by atoms with Gasteiger partial charge in [0.1, 0.15) is 0 Å². The van der Waals surface area contributed by atoms with Crippen LogP contribution in [-0.4, -0.2) is 26.2 Å². The van der Waals surface area contributed by atoms with Gasteiger partial charge in [-0.15, -0.1) is 24.0 Å². The van der Waals surface area contributed by atoms with Crippen molar-refractivity contribution in [3.63, 3.8) is 0 Å². The van der Waals surface area contributed by atoms with Gasteiger partial charge in [-0.25, -0.2) is 0 Å². The fourth-order valence-electron chi connectivity index (χ4n) is 3.20. The zero-order chi connectivity index (χ0) is 17.5. The summed E-state index contributed by atoms with van der Waals surface area (Å²) in [6.45, 7) is 4.63. The quantitative estimate of drug-likeness (QED) is 0.372. The van der Waals surface area contributed by atoms with E-state index >= 15 is 0 Å². The third-order valence-corrected chi connectivity index (χ3v) is 5.38. The smallest absolute Gasteiger partial charge is 0.191 e. The number of rotatable bonds is 5.